The van der Waals surface area contributed by atoms with Crippen LogP contribution in [-0.4, -0.2) is 17.6 Å². The van der Waals surface area contributed by atoms with E-state index < -0.39 is 0 Å². The minimum absolute atomic E-state index is 0.169. The molecule has 0 unspecified atom stereocenters. The summed E-state index contributed by atoms with van der Waals surface area (Å²) in [5, 5.41) is 6.05. The van der Waals surface area contributed by atoms with Gasteiger partial charge in [0.05, 0.1) is 0 Å². The van der Waals surface area contributed by atoms with Crippen LogP contribution in [0.25, 0.3) is 0 Å². The summed E-state index contributed by atoms with van der Waals surface area (Å²) < 4.78 is 1.03. The summed E-state index contributed by atoms with van der Waals surface area (Å²) in [6, 6.07) is 7.39. The molecule has 0 heterocycles. The Bertz CT molecular complexity index is 409. The lowest BCUT2D eigenvalue weighted by molar-refractivity contribution is 0.0976. The number of nitrogens with one attached hydrogen (secondary N) is 2. The standard InChI is InChI=1S/C12H15IN2OS/c1-2-3-7-14-12(17)15-11(16)9-5-4-6-10(13)8-9/h4-6,8H,2-3,7H2,1H3,(H2,14,15,16,17). The predicted octanol–water partition coefficient (Wildman–Crippen LogP) is 2.70. The van der Waals surface area contributed by atoms with Crippen LogP contribution in [-0.2, 0) is 0 Å². The van der Waals surface area contributed by atoms with Gasteiger partial charge in [-0.05, 0) is 59.4 Å². The van der Waals surface area contributed by atoms with Crippen LogP contribution in [0.15, 0.2) is 24.3 Å². The highest BCUT2D eigenvalue weighted by Gasteiger charge is 2.07. The van der Waals surface area contributed by atoms with Crippen molar-refractivity contribution in [1.82, 2.24) is 10.6 Å². The van der Waals surface area contributed by atoms with Gasteiger partial charge < -0.3 is 5.32 Å². The Morgan fingerprint density at radius 3 is 2.88 bits per heavy atom. The van der Waals surface area contributed by atoms with Gasteiger partial charge in [-0.2, -0.15) is 0 Å². The van der Waals surface area contributed by atoms with E-state index in [1.807, 2.05) is 18.2 Å². The van der Waals surface area contributed by atoms with Gasteiger partial charge in [-0.1, -0.05) is 19.4 Å². The van der Waals surface area contributed by atoms with Gasteiger partial charge in [-0.15, -0.1) is 0 Å². The van der Waals surface area contributed by atoms with E-state index >= 15 is 0 Å². The predicted molar refractivity (Wildman–Crippen MR) is 82.1 cm³/mol. The van der Waals surface area contributed by atoms with Gasteiger partial charge in [0, 0.05) is 15.7 Å². The van der Waals surface area contributed by atoms with Crippen LogP contribution in [0.3, 0.4) is 0 Å². The molecule has 0 fully saturated rings. The van der Waals surface area contributed by atoms with E-state index in [1.165, 1.54) is 0 Å². The molecule has 92 valence electrons. The Morgan fingerprint density at radius 2 is 2.24 bits per heavy atom. The average molecular weight is 362 g/mol. The number of hydrogen-bond acceptors (Lipinski definition) is 2. The van der Waals surface area contributed by atoms with Gasteiger partial charge in [0.2, 0.25) is 0 Å². The highest BCUT2D eigenvalue weighted by atomic mass is 127. The molecule has 0 aliphatic rings. The van der Waals surface area contributed by atoms with Gasteiger partial charge in [-0.25, -0.2) is 0 Å². The van der Waals surface area contributed by atoms with Crippen LogP contribution in [0.1, 0.15) is 30.1 Å². The molecule has 0 spiro atoms. The second kappa shape index (κ2) is 7.60. The van der Waals surface area contributed by atoms with Crippen LogP contribution in [0.4, 0.5) is 0 Å². The van der Waals surface area contributed by atoms with Crippen molar-refractivity contribution in [2.45, 2.75) is 19.8 Å². The molecule has 0 radical (unpaired) electrons. The Morgan fingerprint density at radius 1 is 1.47 bits per heavy atom. The number of amides is 1. The van der Waals surface area contributed by atoms with Crippen LogP contribution < -0.4 is 10.6 Å². The third-order valence-electron chi connectivity index (χ3n) is 2.13. The lowest BCUT2D eigenvalue weighted by Gasteiger charge is -2.08. The van der Waals surface area contributed by atoms with Crippen molar-refractivity contribution in [3.05, 3.63) is 33.4 Å². The summed E-state index contributed by atoms with van der Waals surface area (Å²) in [6.45, 7) is 2.90. The summed E-state index contributed by atoms with van der Waals surface area (Å²) in [5.41, 5.74) is 0.622. The zero-order valence-electron chi connectivity index (χ0n) is 9.63. The quantitative estimate of drug-likeness (QED) is 0.492. The van der Waals surface area contributed by atoms with Crippen molar-refractivity contribution in [2.75, 3.05) is 6.54 Å². The summed E-state index contributed by atoms with van der Waals surface area (Å²) in [6.07, 6.45) is 2.14. The minimum atomic E-state index is -0.169. The maximum Gasteiger partial charge on any atom is 0.257 e. The maximum absolute atomic E-state index is 11.8. The fourth-order valence-electron chi connectivity index (χ4n) is 1.23. The fraction of sp³-hybridized carbons (Fsp3) is 0.333. The van der Waals surface area contributed by atoms with Crippen LogP contribution >= 0.6 is 34.8 Å². The minimum Gasteiger partial charge on any atom is -0.362 e. The van der Waals surface area contributed by atoms with E-state index in [0.29, 0.717) is 10.7 Å². The van der Waals surface area contributed by atoms with Gasteiger partial charge >= 0.3 is 0 Å². The largest absolute Gasteiger partial charge is 0.362 e. The smallest absolute Gasteiger partial charge is 0.257 e. The number of carbonyl (C=O) groups is 1. The topological polar surface area (TPSA) is 41.1 Å². The Kier molecular flexibility index (Phi) is 6.43. The molecule has 0 bridgehead atoms. The first-order valence-electron chi connectivity index (χ1n) is 5.48. The molecule has 0 saturated carbocycles. The molecule has 5 heteroatoms. The van der Waals surface area contributed by atoms with E-state index in [1.54, 1.807) is 6.07 Å². The number of carbonyl (C=O) groups excluding carboxylic acids is 1. The second-order valence-corrected chi connectivity index (χ2v) is 5.23. The third kappa shape index (κ3) is 5.45. The SMILES string of the molecule is CCCCNC(=S)NC(=O)c1cccc(I)c1. The van der Waals surface area contributed by atoms with E-state index in [2.05, 4.69) is 40.1 Å². The zero-order chi connectivity index (χ0) is 12.7. The number of thiocarbonyl (C=S) groups is 1. The number of unbranched alkanes of at least 4 members (excludes halogenated alkanes) is 1. The van der Waals surface area contributed by atoms with Crippen molar-refractivity contribution in [3.63, 3.8) is 0 Å². The number of hydrogen-bond donors (Lipinski definition) is 2. The molecule has 1 aromatic rings. The lowest BCUT2D eigenvalue weighted by atomic mass is 10.2. The molecule has 0 saturated heterocycles. The highest BCUT2D eigenvalue weighted by Crippen LogP contribution is 2.07. The third-order valence-corrected chi connectivity index (χ3v) is 3.05. The fourth-order valence-corrected chi connectivity index (χ4v) is 1.97. The molecule has 17 heavy (non-hydrogen) atoms. The molecule has 2 N–H and O–H groups in total. The van der Waals surface area contributed by atoms with Crippen molar-refractivity contribution in [3.8, 4) is 0 Å². The summed E-state index contributed by atoms with van der Waals surface area (Å²) >= 11 is 7.20. The average Bonchev–Trinajstić information content (AvgIpc) is 2.29. The van der Waals surface area contributed by atoms with Crippen LogP contribution in [0.2, 0.25) is 0 Å². The maximum atomic E-state index is 11.8. The second-order valence-electron chi connectivity index (χ2n) is 3.57. The van der Waals surface area contributed by atoms with E-state index in [9.17, 15) is 4.79 Å². The molecule has 0 aliphatic heterocycles. The van der Waals surface area contributed by atoms with Gasteiger partial charge in [0.15, 0.2) is 5.11 Å². The molecular weight excluding hydrogens is 347 g/mol. The molecule has 1 rings (SSSR count). The van der Waals surface area contributed by atoms with Crippen LogP contribution in [0.5, 0.6) is 0 Å². The lowest BCUT2D eigenvalue weighted by Crippen LogP contribution is -2.39. The van der Waals surface area contributed by atoms with Crippen molar-refractivity contribution in [1.29, 1.82) is 0 Å². The normalized spacial score (nSPS) is 9.76. The molecule has 0 atom stereocenters. The summed E-state index contributed by atoms with van der Waals surface area (Å²) in [5.74, 6) is -0.169. The molecule has 0 aliphatic carbocycles. The number of benzene rings is 1. The van der Waals surface area contributed by atoms with Crippen molar-refractivity contribution < 1.29 is 4.79 Å². The first-order chi connectivity index (χ1) is 8.13. The summed E-state index contributed by atoms with van der Waals surface area (Å²) in [4.78, 5) is 11.8. The van der Waals surface area contributed by atoms with E-state index in [-0.39, 0.29) is 5.91 Å². The van der Waals surface area contributed by atoms with Crippen LogP contribution in [0, 0.1) is 3.57 Å². The van der Waals surface area contributed by atoms with Gasteiger partial charge in [-0.3, -0.25) is 10.1 Å². The Balaban J connectivity index is 2.46. The van der Waals surface area contributed by atoms with Gasteiger partial charge in [0.1, 0.15) is 0 Å². The van der Waals surface area contributed by atoms with Crippen molar-refractivity contribution >= 4 is 45.8 Å². The monoisotopic (exact) mass is 362 g/mol. The summed E-state index contributed by atoms with van der Waals surface area (Å²) in [7, 11) is 0. The highest BCUT2D eigenvalue weighted by molar-refractivity contribution is 14.1. The number of halogens is 1. The Hall–Kier alpha value is -0.690. The Labute approximate surface area is 121 Å². The van der Waals surface area contributed by atoms with E-state index in [4.69, 9.17) is 12.2 Å². The first-order valence-corrected chi connectivity index (χ1v) is 6.97. The van der Waals surface area contributed by atoms with E-state index in [0.717, 1.165) is 23.0 Å². The molecule has 3 nitrogen and oxygen atoms in total. The molecule has 0 aromatic heterocycles. The van der Waals surface area contributed by atoms with Gasteiger partial charge in [0.25, 0.3) is 5.91 Å². The molecule has 1 aromatic carbocycles. The molecule has 1 amide bonds. The number of rotatable bonds is 4. The van der Waals surface area contributed by atoms with Crippen molar-refractivity contribution in [2.24, 2.45) is 0 Å². The molecular formula is C12H15IN2OS. The zero-order valence-corrected chi connectivity index (χ0v) is 12.6. The first kappa shape index (κ1) is 14.4.